The number of sulfonamides is 1. The zero-order chi connectivity index (χ0) is 14.3. The minimum atomic E-state index is -4.02. The van der Waals surface area contributed by atoms with Crippen LogP contribution in [0.3, 0.4) is 0 Å². The molecule has 6 nitrogen and oxygen atoms in total. The van der Waals surface area contributed by atoms with Gasteiger partial charge in [-0.15, -0.1) is 0 Å². The molecule has 0 fully saturated rings. The second kappa shape index (κ2) is 6.69. The van der Waals surface area contributed by atoms with Gasteiger partial charge in [0.1, 0.15) is 0 Å². The summed E-state index contributed by atoms with van der Waals surface area (Å²) in [5, 5.41) is 0.805. The first kappa shape index (κ1) is 14.9. The van der Waals surface area contributed by atoms with Gasteiger partial charge < -0.3 is 4.74 Å². The Balaban J connectivity index is 2.70. The fraction of sp³-hybridized carbons (Fsp3) is 0.167. The van der Waals surface area contributed by atoms with Crippen LogP contribution >= 0.6 is 0 Å². The summed E-state index contributed by atoms with van der Waals surface area (Å²) in [4.78, 5) is 22.1. The van der Waals surface area contributed by atoms with Crippen LogP contribution in [0, 0.1) is 0 Å². The van der Waals surface area contributed by atoms with Gasteiger partial charge in [-0.05, 0) is 18.6 Å². The third-order valence-corrected chi connectivity index (χ3v) is 2.90. The van der Waals surface area contributed by atoms with E-state index in [1.165, 1.54) is 13.0 Å². The van der Waals surface area contributed by atoms with Gasteiger partial charge in [-0.25, -0.2) is 17.9 Å². The SMILES string of the molecule is CCOC(=O)C(=O)NS(=O)(=O)/C=C/c1ccccc1. The third kappa shape index (κ3) is 5.35. The quantitative estimate of drug-likeness (QED) is 0.648. The molecule has 102 valence electrons. The van der Waals surface area contributed by atoms with Gasteiger partial charge in [0.15, 0.2) is 0 Å². The highest BCUT2D eigenvalue weighted by atomic mass is 32.2. The highest BCUT2D eigenvalue weighted by molar-refractivity contribution is 7.93. The Morgan fingerprint density at radius 2 is 1.89 bits per heavy atom. The van der Waals surface area contributed by atoms with Gasteiger partial charge in [0.25, 0.3) is 10.0 Å². The molecule has 0 aliphatic carbocycles. The molecular weight excluding hydrogens is 270 g/mol. The first-order chi connectivity index (χ1) is 8.94. The first-order valence-electron chi connectivity index (χ1n) is 5.41. The Morgan fingerprint density at radius 1 is 1.26 bits per heavy atom. The molecule has 1 aromatic rings. The second-order valence-corrected chi connectivity index (χ2v) is 4.98. The van der Waals surface area contributed by atoms with E-state index in [-0.39, 0.29) is 6.61 Å². The molecule has 0 aromatic heterocycles. The highest BCUT2D eigenvalue weighted by Gasteiger charge is 2.19. The lowest BCUT2D eigenvalue weighted by Gasteiger charge is -2.02. The van der Waals surface area contributed by atoms with Crippen molar-refractivity contribution in [2.75, 3.05) is 6.61 Å². The van der Waals surface area contributed by atoms with Crippen LogP contribution in [0.2, 0.25) is 0 Å². The van der Waals surface area contributed by atoms with Crippen LogP contribution in [-0.2, 0) is 24.3 Å². The molecule has 1 N–H and O–H groups in total. The van der Waals surface area contributed by atoms with Crippen LogP contribution in [0.25, 0.3) is 6.08 Å². The number of nitrogens with one attached hydrogen (secondary N) is 1. The standard InChI is InChI=1S/C12H13NO5S/c1-2-18-12(15)11(14)13-19(16,17)9-8-10-6-4-3-5-7-10/h3-9H,2H2,1H3,(H,13,14)/b9-8+. The molecule has 1 rings (SSSR count). The van der Waals surface area contributed by atoms with Crippen LogP contribution < -0.4 is 4.72 Å². The Kier molecular flexibility index (Phi) is 5.25. The fourth-order valence-electron chi connectivity index (χ4n) is 1.13. The number of hydrogen-bond donors (Lipinski definition) is 1. The molecule has 0 saturated carbocycles. The topological polar surface area (TPSA) is 89.5 Å². The average Bonchev–Trinajstić information content (AvgIpc) is 2.37. The van der Waals surface area contributed by atoms with Gasteiger partial charge in [-0.3, -0.25) is 4.79 Å². The maximum absolute atomic E-state index is 11.5. The lowest BCUT2D eigenvalue weighted by Crippen LogP contribution is -2.35. The van der Waals surface area contributed by atoms with E-state index in [1.807, 2.05) is 0 Å². The van der Waals surface area contributed by atoms with Crippen molar-refractivity contribution in [2.45, 2.75) is 6.92 Å². The molecule has 0 saturated heterocycles. The zero-order valence-corrected chi connectivity index (χ0v) is 11.0. The number of esters is 1. The van der Waals surface area contributed by atoms with Gasteiger partial charge in [0, 0.05) is 0 Å². The molecule has 0 unspecified atom stereocenters. The van der Waals surface area contributed by atoms with Crippen molar-refractivity contribution in [2.24, 2.45) is 0 Å². The van der Waals surface area contributed by atoms with E-state index in [0.717, 1.165) is 5.41 Å². The average molecular weight is 283 g/mol. The highest BCUT2D eigenvalue weighted by Crippen LogP contribution is 2.02. The van der Waals surface area contributed by atoms with Crippen LogP contribution in [0.5, 0.6) is 0 Å². The van der Waals surface area contributed by atoms with E-state index in [4.69, 9.17) is 0 Å². The molecule has 0 bridgehead atoms. The molecule has 19 heavy (non-hydrogen) atoms. The lowest BCUT2D eigenvalue weighted by molar-refractivity contribution is -0.153. The van der Waals surface area contributed by atoms with Crippen LogP contribution in [0.1, 0.15) is 12.5 Å². The molecule has 1 amide bonds. The van der Waals surface area contributed by atoms with E-state index in [9.17, 15) is 18.0 Å². The molecule has 0 aliphatic rings. The Bertz CT molecular complexity index is 577. The van der Waals surface area contributed by atoms with E-state index < -0.39 is 21.9 Å². The zero-order valence-electron chi connectivity index (χ0n) is 10.2. The monoisotopic (exact) mass is 283 g/mol. The summed E-state index contributed by atoms with van der Waals surface area (Å²) >= 11 is 0. The summed E-state index contributed by atoms with van der Waals surface area (Å²) in [6.45, 7) is 1.50. The summed E-state index contributed by atoms with van der Waals surface area (Å²) in [6.07, 6.45) is 1.31. The Hall–Kier alpha value is -2.15. The van der Waals surface area contributed by atoms with Gasteiger partial charge in [-0.2, -0.15) is 0 Å². The van der Waals surface area contributed by atoms with Crippen molar-refractivity contribution in [1.82, 2.24) is 4.72 Å². The minimum Gasteiger partial charge on any atom is -0.459 e. The van der Waals surface area contributed by atoms with Gasteiger partial charge in [0.2, 0.25) is 0 Å². The fourth-order valence-corrected chi connectivity index (χ4v) is 1.88. The minimum absolute atomic E-state index is 0.00778. The number of ether oxygens (including phenoxy) is 1. The third-order valence-electron chi connectivity index (χ3n) is 1.94. The summed E-state index contributed by atoms with van der Waals surface area (Å²) in [5.74, 6) is -2.56. The number of carbonyl (C=O) groups excluding carboxylic acids is 2. The van der Waals surface area contributed by atoms with Crippen LogP contribution in [0.4, 0.5) is 0 Å². The van der Waals surface area contributed by atoms with Gasteiger partial charge in [0.05, 0.1) is 12.0 Å². The number of carbonyl (C=O) groups is 2. The Labute approximate surface area is 111 Å². The predicted molar refractivity (Wildman–Crippen MR) is 69.2 cm³/mol. The van der Waals surface area contributed by atoms with E-state index in [1.54, 1.807) is 35.1 Å². The van der Waals surface area contributed by atoms with E-state index in [0.29, 0.717) is 5.56 Å². The number of benzene rings is 1. The Morgan fingerprint density at radius 3 is 2.47 bits per heavy atom. The van der Waals surface area contributed by atoms with E-state index in [2.05, 4.69) is 4.74 Å². The largest absolute Gasteiger partial charge is 0.459 e. The summed E-state index contributed by atoms with van der Waals surface area (Å²) < 4.78 is 28.9. The molecule has 0 atom stereocenters. The molecular formula is C12H13NO5S. The van der Waals surface area contributed by atoms with Crippen LogP contribution in [0.15, 0.2) is 35.7 Å². The first-order valence-corrected chi connectivity index (χ1v) is 6.96. The molecule has 0 aliphatic heterocycles. The van der Waals surface area contributed by atoms with Crippen molar-refractivity contribution in [3.05, 3.63) is 41.3 Å². The van der Waals surface area contributed by atoms with Gasteiger partial charge >= 0.3 is 11.9 Å². The maximum Gasteiger partial charge on any atom is 0.397 e. The summed E-state index contributed by atoms with van der Waals surface area (Å²) in [6, 6.07) is 8.65. The maximum atomic E-state index is 11.5. The van der Waals surface area contributed by atoms with Crippen molar-refractivity contribution in [3.63, 3.8) is 0 Å². The van der Waals surface area contributed by atoms with Crippen molar-refractivity contribution < 1.29 is 22.7 Å². The van der Waals surface area contributed by atoms with Gasteiger partial charge in [-0.1, -0.05) is 30.3 Å². The smallest absolute Gasteiger partial charge is 0.397 e. The van der Waals surface area contributed by atoms with E-state index >= 15 is 0 Å². The lowest BCUT2D eigenvalue weighted by atomic mass is 10.2. The number of hydrogen-bond acceptors (Lipinski definition) is 5. The van der Waals surface area contributed by atoms with Crippen molar-refractivity contribution >= 4 is 28.0 Å². The number of rotatable bonds is 4. The predicted octanol–water partition coefficient (Wildman–Crippen LogP) is 0.666. The summed E-state index contributed by atoms with van der Waals surface area (Å²) in [5.41, 5.74) is 0.649. The molecule has 0 heterocycles. The molecule has 0 radical (unpaired) electrons. The van der Waals surface area contributed by atoms with Crippen molar-refractivity contribution in [3.8, 4) is 0 Å². The normalized spacial score (nSPS) is 11.2. The summed E-state index contributed by atoms with van der Waals surface area (Å²) in [7, 11) is -4.02. The van der Waals surface area contributed by atoms with Crippen LogP contribution in [-0.4, -0.2) is 26.9 Å². The van der Waals surface area contributed by atoms with Crippen molar-refractivity contribution in [1.29, 1.82) is 0 Å². The second-order valence-electron chi connectivity index (χ2n) is 3.41. The number of amides is 1. The molecule has 0 spiro atoms. The molecule has 7 heteroatoms. The molecule has 1 aromatic carbocycles.